The minimum absolute atomic E-state index is 0.140. The Morgan fingerprint density at radius 3 is 2.22 bits per heavy atom. The second-order valence-corrected chi connectivity index (χ2v) is 4.19. The monoisotopic (exact) mass is 263 g/mol. The van der Waals surface area contributed by atoms with E-state index in [4.69, 9.17) is 15.4 Å². The molecule has 0 fully saturated rings. The molecule has 106 valence electrons. The summed E-state index contributed by atoms with van der Waals surface area (Å²) in [5.74, 6) is -1.29. The van der Waals surface area contributed by atoms with Crippen LogP contribution in [0.5, 0.6) is 0 Å². The van der Waals surface area contributed by atoms with Crippen molar-refractivity contribution in [2.45, 2.75) is 52.4 Å². The number of hydrogen-bond donors (Lipinski definition) is 1. The van der Waals surface area contributed by atoms with Crippen molar-refractivity contribution in [3.05, 3.63) is 0 Å². The van der Waals surface area contributed by atoms with Gasteiger partial charge in [-0.2, -0.15) is 4.89 Å². The first kappa shape index (κ1) is 16.8. The lowest BCUT2D eigenvalue weighted by molar-refractivity contribution is -0.349. The Morgan fingerprint density at radius 1 is 1.11 bits per heavy atom. The summed E-state index contributed by atoms with van der Waals surface area (Å²) in [7, 11) is 0. The van der Waals surface area contributed by atoms with Crippen LogP contribution in [0.3, 0.4) is 0 Å². The third-order valence-corrected chi connectivity index (χ3v) is 1.57. The molecule has 0 aromatic carbocycles. The average molecular weight is 263 g/mol. The van der Waals surface area contributed by atoms with Crippen LogP contribution < -0.4 is 5.73 Å². The highest BCUT2D eigenvalue weighted by Gasteiger charge is 2.20. The number of carbonyl (C=O) groups excluding carboxylic acids is 2. The van der Waals surface area contributed by atoms with Gasteiger partial charge in [-0.25, -0.2) is 4.89 Å². The van der Waals surface area contributed by atoms with Crippen molar-refractivity contribution in [3.63, 3.8) is 0 Å². The summed E-state index contributed by atoms with van der Waals surface area (Å²) in [6.07, 6.45) is -0.621. The van der Waals surface area contributed by atoms with Crippen LogP contribution in [-0.4, -0.2) is 37.0 Å². The highest BCUT2D eigenvalue weighted by Crippen LogP contribution is 1.99. The van der Waals surface area contributed by atoms with Crippen LogP contribution in [0.25, 0.3) is 0 Å². The van der Waals surface area contributed by atoms with Gasteiger partial charge in [-0.1, -0.05) is 0 Å². The minimum atomic E-state index is -1.07. The van der Waals surface area contributed by atoms with Gasteiger partial charge in [-0.15, -0.1) is 0 Å². The van der Waals surface area contributed by atoms with E-state index in [0.717, 1.165) is 0 Å². The van der Waals surface area contributed by atoms with Gasteiger partial charge in [0.25, 0.3) is 0 Å². The van der Waals surface area contributed by atoms with E-state index in [0.29, 0.717) is 0 Å². The van der Waals surface area contributed by atoms with Gasteiger partial charge in [0.2, 0.25) is 6.79 Å². The summed E-state index contributed by atoms with van der Waals surface area (Å²) in [6.45, 7) is 6.56. The van der Waals surface area contributed by atoms with E-state index in [-0.39, 0.29) is 25.4 Å². The number of ether oxygens (including phenoxy) is 2. The van der Waals surface area contributed by atoms with E-state index in [1.54, 1.807) is 27.7 Å². The molecule has 18 heavy (non-hydrogen) atoms. The van der Waals surface area contributed by atoms with Gasteiger partial charge in [-0.3, -0.25) is 9.59 Å². The van der Waals surface area contributed by atoms with E-state index < -0.39 is 18.0 Å². The molecule has 0 rings (SSSR count). The van der Waals surface area contributed by atoms with Crippen LogP contribution in [0.2, 0.25) is 0 Å². The first-order chi connectivity index (χ1) is 8.32. The zero-order chi connectivity index (χ0) is 14.1. The van der Waals surface area contributed by atoms with Crippen LogP contribution in [0.1, 0.15) is 34.1 Å². The van der Waals surface area contributed by atoms with Crippen molar-refractivity contribution in [3.8, 4) is 0 Å². The van der Waals surface area contributed by atoms with Gasteiger partial charge in [0, 0.05) is 0 Å². The largest absolute Gasteiger partial charge is 0.463 e. The number of rotatable bonds is 8. The van der Waals surface area contributed by atoms with Crippen LogP contribution in [-0.2, 0) is 28.8 Å². The lowest BCUT2D eigenvalue weighted by Gasteiger charge is -2.13. The molecule has 2 N–H and O–H groups in total. The summed E-state index contributed by atoms with van der Waals surface area (Å²) in [5, 5.41) is 0. The summed E-state index contributed by atoms with van der Waals surface area (Å²) in [5.41, 5.74) is 5.46. The third-order valence-electron chi connectivity index (χ3n) is 1.57. The Morgan fingerprint density at radius 2 is 1.72 bits per heavy atom. The van der Waals surface area contributed by atoms with Crippen molar-refractivity contribution in [2.75, 3.05) is 6.79 Å². The zero-order valence-corrected chi connectivity index (χ0v) is 11.2. The first-order valence-corrected chi connectivity index (χ1v) is 5.73. The normalized spacial score (nSPS) is 12.6. The van der Waals surface area contributed by atoms with Gasteiger partial charge in [0.05, 0.1) is 18.6 Å². The number of carbonyl (C=O) groups is 2. The summed E-state index contributed by atoms with van der Waals surface area (Å²) >= 11 is 0. The highest BCUT2D eigenvalue weighted by molar-refractivity contribution is 5.82. The Balaban J connectivity index is 3.79. The minimum Gasteiger partial charge on any atom is -0.463 e. The first-order valence-electron chi connectivity index (χ1n) is 5.73. The molecule has 0 saturated carbocycles. The Labute approximate surface area is 106 Å². The molecular formula is C11H21NO6. The van der Waals surface area contributed by atoms with Crippen molar-refractivity contribution < 1.29 is 28.8 Å². The smallest absolute Gasteiger partial charge is 0.325 e. The van der Waals surface area contributed by atoms with Gasteiger partial charge in [0.15, 0.2) is 0 Å². The quantitative estimate of drug-likeness (QED) is 0.224. The van der Waals surface area contributed by atoms with Gasteiger partial charge < -0.3 is 15.2 Å². The van der Waals surface area contributed by atoms with E-state index in [2.05, 4.69) is 9.62 Å². The molecule has 0 bridgehead atoms. The lowest BCUT2D eigenvalue weighted by Crippen LogP contribution is -2.36. The van der Waals surface area contributed by atoms with Gasteiger partial charge >= 0.3 is 11.9 Å². The summed E-state index contributed by atoms with van der Waals surface area (Å²) in [6, 6.07) is -1.07. The molecule has 0 aromatic heterocycles. The maximum Gasteiger partial charge on any atom is 0.325 e. The van der Waals surface area contributed by atoms with Crippen molar-refractivity contribution in [2.24, 2.45) is 5.73 Å². The maximum atomic E-state index is 11.3. The van der Waals surface area contributed by atoms with Crippen LogP contribution in [0.4, 0.5) is 0 Å². The predicted octanol–water partition coefficient (Wildman–Crippen LogP) is 0.513. The fourth-order valence-corrected chi connectivity index (χ4v) is 0.927. The fourth-order valence-electron chi connectivity index (χ4n) is 0.927. The molecule has 0 radical (unpaired) electrons. The predicted molar refractivity (Wildman–Crippen MR) is 62.1 cm³/mol. The molecule has 0 amide bonds. The Kier molecular flexibility index (Phi) is 8.27. The van der Waals surface area contributed by atoms with Crippen LogP contribution in [0.15, 0.2) is 0 Å². The molecule has 0 aliphatic heterocycles. The number of nitrogens with two attached hydrogens (primary N) is 1. The second kappa shape index (κ2) is 8.84. The molecule has 0 heterocycles. The van der Waals surface area contributed by atoms with Crippen molar-refractivity contribution in [1.82, 2.24) is 0 Å². The third kappa shape index (κ3) is 8.91. The fraction of sp³-hybridized carbons (Fsp3) is 0.818. The summed E-state index contributed by atoms with van der Waals surface area (Å²) < 4.78 is 9.49. The second-order valence-electron chi connectivity index (χ2n) is 4.19. The van der Waals surface area contributed by atoms with Crippen molar-refractivity contribution in [1.29, 1.82) is 0 Å². The summed E-state index contributed by atoms with van der Waals surface area (Å²) in [4.78, 5) is 31.8. The van der Waals surface area contributed by atoms with Crippen LogP contribution in [0, 0.1) is 0 Å². The molecule has 1 atom stereocenters. The van der Waals surface area contributed by atoms with Gasteiger partial charge in [0.1, 0.15) is 6.04 Å². The lowest BCUT2D eigenvalue weighted by atomic mass is 10.2. The molecule has 0 aliphatic rings. The molecule has 0 unspecified atom stereocenters. The molecule has 7 heteroatoms. The molecule has 0 aromatic rings. The Bertz CT molecular complexity index is 266. The number of esters is 2. The van der Waals surface area contributed by atoms with Crippen LogP contribution >= 0.6 is 0 Å². The average Bonchev–Trinajstić information content (AvgIpc) is 2.22. The molecular weight excluding hydrogens is 242 g/mol. The van der Waals surface area contributed by atoms with E-state index >= 15 is 0 Å². The molecule has 0 aliphatic carbocycles. The van der Waals surface area contributed by atoms with Gasteiger partial charge in [-0.05, 0) is 27.7 Å². The molecule has 7 nitrogen and oxygen atoms in total. The van der Waals surface area contributed by atoms with E-state index in [1.165, 1.54) is 0 Å². The number of hydrogen-bond acceptors (Lipinski definition) is 7. The molecule has 0 spiro atoms. The zero-order valence-electron chi connectivity index (χ0n) is 11.2. The highest BCUT2D eigenvalue weighted by atomic mass is 17.2. The van der Waals surface area contributed by atoms with E-state index in [1.807, 2.05) is 0 Å². The molecule has 0 saturated heterocycles. The Hall–Kier alpha value is -1.18. The maximum absolute atomic E-state index is 11.3. The standard InChI is InChI=1S/C11H21NO6/c1-7(2)17-10(13)5-9(12)11(14)15-6-16-18-8(3)4/h7-9H,5-6,12H2,1-4H3/t9-/m0/s1. The topological polar surface area (TPSA) is 97.1 Å². The van der Waals surface area contributed by atoms with E-state index in [9.17, 15) is 9.59 Å². The SMILES string of the molecule is CC(C)OOCOC(=O)[C@@H](N)CC(=O)OC(C)C. The van der Waals surface area contributed by atoms with Crippen molar-refractivity contribution >= 4 is 11.9 Å².